The summed E-state index contributed by atoms with van der Waals surface area (Å²) in [5, 5.41) is 5.78. The summed E-state index contributed by atoms with van der Waals surface area (Å²) >= 11 is 0. The second-order valence-corrected chi connectivity index (χ2v) is 7.64. The lowest BCUT2D eigenvalue weighted by Gasteiger charge is -2.27. The molecule has 1 fully saturated rings. The Hall–Kier alpha value is -2.86. The van der Waals surface area contributed by atoms with Crippen molar-refractivity contribution in [3.8, 4) is 5.75 Å². The fraction of sp³-hybridized carbons (Fsp3) is 0.391. The number of para-hydroxylation sites is 2. The van der Waals surface area contributed by atoms with Gasteiger partial charge in [0.2, 0.25) is 0 Å². The fourth-order valence-corrected chi connectivity index (χ4v) is 3.85. The molecule has 6 nitrogen and oxygen atoms in total. The van der Waals surface area contributed by atoms with Gasteiger partial charge in [0.1, 0.15) is 5.75 Å². The van der Waals surface area contributed by atoms with E-state index >= 15 is 0 Å². The lowest BCUT2D eigenvalue weighted by molar-refractivity contribution is -0.899. The molecule has 0 aromatic heterocycles. The Morgan fingerprint density at radius 1 is 1.00 bits per heavy atom. The predicted octanol–water partition coefficient (Wildman–Crippen LogP) is 2.73. The molecule has 0 saturated heterocycles. The summed E-state index contributed by atoms with van der Waals surface area (Å²) in [5.74, 6) is 0.377. The summed E-state index contributed by atoms with van der Waals surface area (Å²) in [5.41, 5.74) is 1.82. The second-order valence-electron chi connectivity index (χ2n) is 7.64. The van der Waals surface area contributed by atoms with Crippen molar-refractivity contribution in [1.82, 2.24) is 0 Å². The number of carbonyl (C=O) groups is 2. The van der Waals surface area contributed by atoms with E-state index in [0.717, 1.165) is 0 Å². The fourth-order valence-electron chi connectivity index (χ4n) is 3.85. The van der Waals surface area contributed by atoms with E-state index in [1.54, 1.807) is 43.5 Å². The number of methoxy groups -OCH3 is 1. The minimum atomic E-state index is -0.228. The number of carbonyl (C=O) groups excluding carboxylic acids is 2. The van der Waals surface area contributed by atoms with Gasteiger partial charge in [0.15, 0.2) is 6.54 Å². The van der Waals surface area contributed by atoms with E-state index in [2.05, 4.69) is 17.7 Å². The molecule has 2 aromatic rings. The molecule has 3 N–H and O–H groups in total. The van der Waals surface area contributed by atoms with E-state index in [9.17, 15) is 9.59 Å². The highest BCUT2D eigenvalue weighted by molar-refractivity contribution is 6.05. The molecule has 0 aliphatic heterocycles. The first-order chi connectivity index (χ1) is 14.1. The monoisotopic (exact) mass is 396 g/mol. The highest BCUT2D eigenvalue weighted by Crippen LogP contribution is 2.24. The third kappa shape index (κ3) is 5.81. The smallest absolute Gasteiger partial charge is 0.279 e. The van der Waals surface area contributed by atoms with Crippen LogP contribution in [0.4, 0.5) is 11.4 Å². The molecule has 0 bridgehead atoms. The van der Waals surface area contributed by atoms with Gasteiger partial charge in [-0.25, -0.2) is 0 Å². The Labute approximate surface area is 172 Å². The Morgan fingerprint density at radius 3 is 2.38 bits per heavy atom. The molecule has 3 rings (SSSR count). The summed E-state index contributed by atoms with van der Waals surface area (Å²) in [7, 11) is 3.66. The number of ether oxygens (including phenoxy) is 1. The molecule has 0 heterocycles. The van der Waals surface area contributed by atoms with Crippen molar-refractivity contribution in [1.29, 1.82) is 0 Å². The minimum absolute atomic E-state index is 0.000651. The zero-order chi connectivity index (χ0) is 20.6. The van der Waals surface area contributed by atoms with E-state index < -0.39 is 0 Å². The average Bonchev–Trinajstić information content (AvgIpc) is 2.75. The molecule has 2 aromatic carbocycles. The third-order valence-corrected chi connectivity index (χ3v) is 5.53. The van der Waals surface area contributed by atoms with Crippen molar-refractivity contribution in [3.63, 3.8) is 0 Å². The Morgan fingerprint density at radius 2 is 1.69 bits per heavy atom. The van der Waals surface area contributed by atoms with Crippen LogP contribution in [0.25, 0.3) is 0 Å². The first-order valence-corrected chi connectivity index (χ1v) is 10.2. The van der Waals surface area contributed by atoms with Gasteiger partial charge in [-0.1, -0.05) is 18.6 Å². The zero-order valence-electron chi connectivity index (χ0n) is 17.2. The summed E-state index contributed by atoms with van der Waals surface area (Å²) in [6.45, 7) is 0.459. The molecule has 0 spiro atoms. The molecule has 2 amide bonds. The van der Waals surface area contributed by atoms with Crippen LogP contribution in [0, 0.1) is 0 Å². The highest BCUT2D eigenvalue weighted by atomic mass is 16.5. The van der Waals surface area contributed by atoms with Crippen LogP contribution in [-0.2, 0) is 4.79 Å². The maximum atomic E-state index is 12.5. The van der Waals surface area contributed by atoms with Crippen molar-refractivity contribution in [2.24, 2.45) is 0 Å². The number of nitrogens with one attached hydrogen (secondary N) is 3. The lowest BCUT2D eigenvalue weighted by Crippen LogP contribution is -3.14. The minimum Gasteiger partial charge on any atom is -0.495 e. The first-order valence-electron chi connectivity index (χ1n) is 10.2. The Kier molecular flexibility index (Phi) is 7.25. The molecular weight excluding hydrogens is 366 g/mol. The van der Waals surface area contributed by atoms with Gasteiger partial charge in [-0.05, 0) is 62.1 Å². The van der Waals surface area contributed by atoms with Gasteiger partial charge in [0, 0.05) is 11.3 Å². The molecule has 1 unspecified atom stereocenters. The van der Waals surface area contributed by atoms with Crippen molar-refractivity contribution in [3.05, 3.63) is 54.1 Å². The van der Waals surface area contributed by atoms with Gasteiger partial charge >= 0.3 is 0 Å². The van der Waals surface area contributed by atoms with Gasteiger partial charge in [-0.15, -0.1) is 0 Å². The quantitative estimate of drug-likeness (QED) is 0.674. The van der Waals surface area contributed by atoms with Crippen LogP contribution in [0.2, 0.25) is 0 Å². The molecule has 1 aliphatic carbocycles. The molecule has 0 radical (unpaired) electrons. The Balaban J connectivity index is 1.54. The standard InChI is InChI=1S/C23H29N3O3/c1-26(19-8-4-3-5-9-19)16-22(27)24-18-14-12-17(13-15-18)23(28)25-20-10-6-7-11-21(20)29-2/h6-7,10-15,19H,3-5,8-9,16H2,1-2H3,(H,24,27)(H,25,28)/p+1. The number of amides is 2. The maximum Gasteiger partial charge on any atom is 0.279 e. The number of rotatable bonds is 7. The highest BCUT2D eigenvalue weighted by Gasteiger charge is 2.23. The van der Waals surface area contributed by atoms with E-state index in [-0.39, 0.29) is 11.8 Å². The lowest BCUT2D eigenvalue weighted by atomic mass is 9.94. The number of benzene rings is 2. The summed E-state index contributed by atoms with van der Waals surface area (Å²) in [6.07, 6.45) is 6.25. The van der Waals surface area contributed by atoms with Crippen molar-refractivity contribution >= 4 is 23.2 Å². The number of anilines is 2. The predicted molar refractivity (Wildman–Crippen MR) is 115 cm³/mol. The van der Waals surface area contributed by atoms with E-state index in [4.69, 9.17) is 4.74 Å². The zero-order valence-corrected chi connectivity index (χ0v) is 17.2. The van der Waals surface area contributed by atoms with Crippen LogP contribution >= 0.6 is 0 Å². The molecule has 6 heteroatoms. The number of quaternary nitrogens is 1. The Bertz CT molecular complexity index is 830. The van der Waals surface area contributed by atoms with Crippen LogP contribution in [0.3, 0.4) is 0 Å². The number of hydrogen-bond donors (Lipinski definition) is 3. The molecule has 1 aliphatic rings. The van der Waals surface area contributed by atoms with Crippen LogP contribution in [0.1, 0.15) is 42.5 Å². The van der Waals surface area contributed by atoms with Gasteiger partial charge in [0.05, 0.1) is 25.9 Å². The van der Waals surface area contributed by atoms with Crippen molar-refractivity contribution in [2.45, 2.75) is 38.1 Å². The maximum absolute atomic E-state index is 12.5. The van der Waals surface area contributed by atoms with Crippen molar-refractivity contribution < 1.29 is 19.2 Å². The van der Waals surface area contributed by atoms with Crippen LogP contribution in [-0.4, -0.2) is 38.6 Å². The average molecular weight is 397 g/mol. The summed E-state index contributed by atoms with van der Waals surface area (Å²) in [4.78, 5) is 26.1. The largest absolute Gasteiger partial charge is 0.495 e. The topological polar surface area (TPSA) is 71.9 Å². The van der Waals surface area contributed by atoms with E-state index in [0.29, 0.717) is 35.3 Å². The molecule has 154 valence electrons. The van der Waals surface area contributed by atoms with Crippen LogP contribution in [0.15, 0.2) is 48.5 Å². The second kappa shape index (κ2) is 10.1. The molecule has 29 heavy (non-hydrogen) atoms. The molecule has 1 saturated carbocycles. The van der Waals surface area contributed by atoms with Gasteiger partial charge in [-0.3, -0.25) is 9.59 Å². The number of hydrogen-bond acceptors (Lipinski definition) is 3. The molecule has 1 atom stereocenters. The normalized spacial score (nSPS) is 15.4. The summed E-state index contributed by atoms with van der Waals surface area (Å²) in [6, 6.07) is 14.8. The number of likely N-dealkylation sites (N-methyl/N-ethyl adjacent to an activating group) is 1. The van der Waals surface area contributed by atoms with E-state index in [1.165, 1.54) is 37.0 Å². The molecular formula is C23H30N3O3+. The van der Waals surface area contributed by atoms with Crippen LogP contribution < -0.4 is 20.3 Å². The SMILES string of the molecule is COc1ccccc1NC(=O)c1ccc(NC(=O)C[NH+](C)C2CCCCC2)cc1. The van der Waals surface area contributed by atoms with Gasteiger partial charge in [0.25, 0.3) is 11.8 Å². The van der Waals surface area contributed by atoms with Gasteiger partial charge in [-0.2, -0.15) is 0 Å². The van der Waals surface area contributed by atoms with Crippen LogP contribution in [0.5, 0.6) is 5.75 Å². The first kappa shape index (κ1) is 20.9. The van der Waals surface area contributed by atoms with E-state index in [1.807, 2.05) is 12.1 Å². The van der Waals surface area contributed by atoms with Crippen molar-refractivity contribution in [2.75, 3.05) is 31.3 Å². The third-order valence-electron chi connectivity index (χ3n) is 5.53. The summed E-state index contributed by atoms with van der Waals surface area (Å²) < 4.78 is 5.26. The van der Waals surface area contributed by atoms with Gasteiger partial charge < -0.3 is 20.3 Å².